The van der Waals surface area contributed by atoms with Crippen molar-refractivity contribution in [2.24, 2.45) is 5.84 Å². The second-order valence-electron chi connectivity index (χ2n) is 2.52. The van der Waals surface area contributed by atoms with E-state index >= 15 is 0 Å². The van der Waals surface area contributed by atoms with Gasteiger partial charge in [-0.1, -0.05) is 18.2 Å². The maximum Gasteiger partial charge on any atom is 0.255 e. The SMILES string of the molecule is CCN(N)S(=O)(=O)c1ccccc1. The fourth-order valence-electron chi connectivity index (χ4n) is 0.898. The van der Waals surface area contributed by atoms with Crippen LogP contribution in [-0.4, -0.2) is 19.4 Å². The topological polar surface area (TPSA) is 63.4 Å². The van der Waals surface area contributed by atoms with E-state index < -0.39 is 10.0 Å². The van der Waals surface area contributed by atoms with E-state index in [1.54, 1.807) is 25.1 Å². The maximum absolute atomic E-state index is 11.6. The molecule has 0 aliphatic carbocycles. The molecule has 72 valence electrons. The molecule has 1 aromatic rings. The second kappa shape index (κ2) is 3.87. The molecule has 0 atom stereocenters. The van der Waals surface area contributed by atoms with Crippen molar-refractivity contribution < 1.29 is 8.42 Å². The minimum absolute atomic E-state index is 0.222. The van der Waals surface area contributed by atoms with Crippen LogP contribution in [0.5, 0.6) is 0 Å². The molecule has 0 aromatic heterocycles. The van der Waals surface area contributed by atoms with E-state index in [4.69, 9.17) is 5.84 Å². The first-order chi connectivity index (χ1) is 6.09. The molecule has 0 radical (unpaired) electrons. The van der Waals surface area contributed by atoms with Gasteiger partial charge in [0.1, 0.15) is 0 Å². The van der Waals surface area contributed by atoms with Gasteiger partial charge in [0.2, 0.25) is 0 Å². The molecule has 13 heavy (non-hydrogen) atoms. The normalized spacial score (nSPS) is 11.9. The molecule has 5 heteroatoms. The second-order valence-corrected chi connectivity index (χ2v) is 4.41. The summed E-state index contributed by atoms with van der Waals surface area (Å²) in [6, 6.07) is 8.12. The van der Waals surface area contributed by atoms with Crippen LogP contribution in [-0.2, 0) is 10.0 Å². The molecule has 0 fully saturated rings. The van der Waals surface area contributed by atoms with Crippen LogP contribution in [0, 0.1) is 0 Å². The first-order valence-corrected chi connectivity index (χ1v) is 5.35. The van der Waals surface area contributed by atoms with Crippen LogP contribution < -0.4 is 5.84 Å². The maximum atomic E-state index is 11.6. The number of rotatable bonds is 3. The molecule has 1 aromatic carbocycles. The summed E-state index contributed by atoms with van der Waals surface area (Å²) >= 11 is 0. The highest BCUT2D eigenvalue weighted by Crippen LogP contribution is 2.11. The van der Waals surface area contributed by atoms with Crippen LogP contribution in [0.2, 0.25) is 0 Å². The van der Waals surface area contributed by atoms with E-state index in [0.717, 1.165) is 4.41 Å². The van der Waals surface area contributed by atoms with Crippen molar-refractivity contribution in [2.75, 3.05) is 6.54 Å². The number of sulfonamides is 1. The standard InChI is InChI=1S/C8H12N2O2S/c1-2-10(9)13(11,12)8-6-4-3-5-7-8/h3-7H,2,9H2,1H3. The number of nitrogens with zero attached hydrogens (tertiary/aromatic N) is 1. The summed E-state index contributed by atoms with van der Waals surface area (Å²) in [6.07, 6.45) is 0. The largest absolute Gasteiger partial charge is 0.255 e. The van der Waals surface area contributed by atoms with Crippen LogP contribution in [0.1, 0.15) is 6.92 Å². The zero-order valence-corrected chi connectivity index (χ0v) is 8.16. The van der Waals surface area contributed by atoms with Crippen LogP contribution in [0.15, 0.2) is 35.2 Å². The Kier molecular flexibility index (Phi) is 3.02. The highest BCUT2D eigenvalue weighted by atomic mass is 32.2. The lowest BCUT2D eigenvalue weighted by Crippen LogP contribution is -2.36. The summed E-state index contributed by atoms with van der Waals surface area (Å²) in [5.74, 6) is 5.33. The number of hydrogen-bond donors (Lipinski definition) is 1. The molecule has 0 saturated carbocycles. The van der Waals surface area contributed by atoms with Gasteiger partial charge < -0.3 is 0 Å². The third-order valence-corrected chi connectivity index (χ3v) is 3.41. The van der Waals surface area contributed by atoms with E-state index in [1.165, 1.54) is 12.1 Å². The van der Waals surface area contributed by atoms with Crippen LogP contribution >= 0.6 is 0 Å². The summed E-state index contributed by atoms with van der Waals surface area (Å²) in [5.41, 5.74) is 0. The van der Waals surface area contributed by atoms with E-state index in [1.807, 2.05) is 0 Å². The molecular formula is C8H12N2O2S. The number of hydrazine groups is 1. The minimum Gasteiger partial charge on any atom is -0.255 e. The molecular weight excluding hydrogens is 188 g/mol. The Morgan fingerprint density at radius 2 is 1.85 bits per heavy atom. The predicted octanol–water partition coefficient (Wildman–Crippen LogP) is 0.571. The summed E-state index contributed by atoms with van der Waals surface area (Å²) < 4.78 is 24.0. The summed E-state index contributed by atoms with van der Waals surface area (Å²) in [7, 11) is -3.48. The average molecular weight is 200 g/mol. The van der Waals surface area contributed by atoms with Crippen LogP contribution in [0.3, 0.4) is 0 Å². The summed E-state index contributed by atoms with van der Waals surface area (Å²) in [6.45, 7) is 1.94. The smallest absolute Gasteiger partial charge is 0.255 e. The Labute approximate surface area is 78.0 Å². The molecule has 0 amide bonds. The van der Waals surface area contributed by atoms with Crippen molar-refractivity contribution in [3.05, 3.63) is 30.3 Å². The van der Waals surface area contributed by atoms with Crippen molar-refractivity contribution in [2.45, 2.75) is 11.8 Å². The van der Waals surface area contributed by atoms with E-state index in [9.17, 15) is 8.42 Å². The molecule has 0 bridgehead atoms. The molecule has 0 saturated heterocycles. The van der Waals surface area contributed by atoms with Crippen molar-refractivity contribution in [1.82, 2.24) is 4.41 Å². The zero-order valence-electron chi connectivity index (χ0n) is 7.34. The average Bonchev–Trinajstić information content (AvgIpc) is 2.18. The summed E-state index contributed by atoms with van der Waals surface area (Å²) in [4.78, 5) is 0.222. The van der Waals surface area contributed by atoms with Gasteiger partial charge in [-0.3, -0.25) is 5.84 Å². The number of nitrogens with two attached hydrogens (primary N) is 1. The van der Waals surface area contributed by atoms with Gasteiger partial charge in [-0.05, 0) is 19.1 Å². The number of benzene rings is 1. The van der Waals surface area contributed by atoms with Gasteiger partial charge in [0.25, 0.3) is 10.0 Å². The van der Waals surface area contributed by atoms with Gasteiger partial charge >= 0.3 is 0 Å². The third-order valence-electron chi connectivity index (χ3n) is 1.66. The lowest BCUT2D eigenvalue weighted by molar-refractivity contribution is 0.444. The highest BCUT2D eigenvalue weighted by Gasteiger charge is 2.18. The molecule has 0 heterocycles. The van der Waals surface area contributed by atoms with Crippen molar-refractivity contribution in [3.8, 4) is 0 Å². The Hall–Kier alpha value is -0.910. The fourth-order valence-corrected chi connectivity index (χ4v) is 2.01. The Morgan fingerprint density at radius 3 is 2.31 bits per heavy atom. The van der Waals surface area contributed by atoms with E-state index in [2.05, 4.69) is 0 Å². The van der Waals surface area contributed by atoms with Crippen molar-refractivity contribution in [1.29, 1.82) is 0 Å². The first-order valence-electron chi connectivity index (χ1n) is 3.91. The lowest BCUT2D eigenvalue weighted by atomic mass is 10.4. The minimum atomic E-state index is -3.48. The monoisotopic (exact) mass is 200 g/mol. The Balaban J connectivity index is 3.09. The highest BCUT2D eigenvalue weighted by molar-refractivity contribution is 7.89. The Morgan fingerprint density at radius 1 is 1.31 bits per heavy atom. The Bertz CT molecular complexity index is 361. The molecule has 2 N–H and O–H groups in total. The first kappa shape index (κ1) is 10.2. The lowest BCUT2D eigenvalue weighted by Gasteiger charge is -2.13. The van der Waals surface area contributed by atoms with E-state index in [-0.39, 0.29) is 11.4 Å². The van der Waals surface area contributed by atoms with Crippen LogP contribution in [0.25, 0.3) is 0 Å². The van der Waals surface area contributed by atoms with Gasteiger partial charge in [0, 0.05) is 6.54 Å². The third kappa shape index (κ3) is 2.06. The van der Waals surface area contributed by atoms with Gasteiger partial charge in [0.05, 0.1) is 4.90 Å². The van der Waals surface area contributed by atoms with Crippen molar-refractivity contribution >= 4 is 10.0 Å². The molecule has 0 aliphatic rings. The van der Waals surface area contributed by atoms with Gasteiger partial charge in [-0.15, -0.1) is 4.41 Å². The van der Waals surface area contributed by atoms with Gasteiger partial charge in [-0.2, -0.15) is 0 Å². The molecule has 0 aliphatic heterocycles. The van der Waals surface area contributed by atoms with Crippen molar-refractivity contribution in [3.63, 3.8) is 0 Å². The summed E-state index contributed by atoms with van der Waals surface area (Å²) in [5, 5.41) is 0. The van der Waals surface area contributed by atoms with E-state index in [0.29, 0.717) is 0 Å². The predicted molar refractivity (Wildman–Crippen MR) is 50.2 cm³/mol. The van der Waals surface area contributed by atoms with Gasteiger partial charge in [0.15, 0.2) is 0 Å². The molecule has 1 rings (SSSR count). The molecule has 0 spiro atoms. The fraction of sp³-hybridized carbons (Fsp3) is 0.250. The zero-order chi connectivity index (χ0) is 9.90. The van der Waals surface area contributed by atoms with Crippen LogP contribution in [0.4, 0.5) is 0 Å². The molecule has 0 unspecified atom stereocenters. The number of hydrogen-bond acceptors (Lipinski definition) is 3. The molecule has 4 nitrogen and oxygen atoms in total. The van der Waals surface area contributed by atoms with Gasteiger partial charge in [-0.25, -0.2) is 8.42 Å². The quantitative estimate of drug-likeness (QED) is 0.573.